The summed E-state index contributed by atoms with van der Waals surface area (Å²) < 4.78 is 0. The van der Waals surface area contributed by atoms with Gasteiger partial charge in [-0.15, -0.1) is 0 Å². The van der Waals surface area contributed by atoms with Gasteiger partial charge in [0.05, 0.1) is 22.5 Å². The van der Waals surface area contributed by atoms with Gasteiger partial charge < -0.3 is 30.5 Å². The number of nitrogens with one attached hydrogen (secondary N) is 3. The molecule has 0 saturated heterocycles. The summed E-state index contributed by atoms with van der Waals surface area (Å²) in [5, 5.41) is 16.7. The molecular formula is C30H36N6O4. The lowest BCUT2D eigenvalue weighted by atomic mass is 9.98. The molecule has 2 heterocycles. The molecule has 1 aromatic heterocycles. The number of aromatic nitrogens is 1. The van der Waals surface area contributed by atoms with Crippen LogP contribution in [-0.2, 0) is 0 Å². The van der Waals surface area contributed by atoms with Crippen LogP contribution in [0.4, 0.5) is 0 Å². The van der Waals surface area contributed by atoms with Crippen molar-refractivity contribution >= 4 is 23.4 Å². The number of carbonyl (C=O) groups is 3. The van der Waals surface area contributed by atoms with Crippen molar-refractivity contribution in [2.75, 3.05) is 54.4 Å². The highest BCUT2D eigenvalue weighted by Gasteiger charge is 2.33. The third-order valence-electron chi connectivity index (χ3n) is 6.59. The van der Waals surface area contributed by atoms with Crippen LogP contribution in [-0.4, -0.2) is 97.7 Å². The molecule has 0 fully saturated rings. The van der Waals surface area contributed by atoms with Crippen LogP contribution in [0.25, 0.3) is 11.3 Å². The van der Waals surface area contributed by atoms with Crippen molar-refractivity contribution in [3.05, 3.63) is 76.3 Å². The molecule has 1 aliphatic rings. The van der Waals surface area contributed by atoms with Gasteiger partial charge in [0.1, 0.15) is 0 Å². The van der Waals surface area contributed by atoms with E-state index in [0.29, 0.717) is 41.0 Å². The summed E-state index contributed by atoms with van der Waals surface area (Å²) in [6.45, 7) is 2.81. The first kappa shape index (κ1) is 28.7. The van der Waals surface area contributed by atoms with Crippen molar-refractivity contribution in [1.29, 1.82) is 0 Å². The van der Waals surface area contributed by atoms with Gasteiger partial charge in [0.25, 0.3) is 17.7 Å². The van der Waals surface area contributed by atoms with Crippen LogP contribution >= 0.6 is 0 Å². The largest absolute Gasteiger partial charge is 0.494 e. The van der Waals surface area contributed by atoms with E-state index in [9.17, 15) is 19.5 Å². The summed E-state index contributed by atoms with van der Waals surface area (Å²) >= 11 is 0. The number of benzene rings is 2. The zero-order valence-corrected chi connectivity index (χ0v) is 23.4. The van der Waals surface area contributed by atoms with E-state index in [1.807, 2.05) is 28.2 Å². The average Bonchev–Trinajstić information content (AvgIpc) is 3.46. The number of hydrogen-bond donors (Lipinski definition) is 4. The van der Waals surface area contributed by atoms with Crippen LogP contribution in [0, 0.1) is 0 Å². The molecule has 4 N–H and O–H groups in total. The predicted octanol–water partition coefficient (Wildman–Crippen LogP) is 2.74. The normalized spacial score (nSPS) is 12.6. The molecule has 1 aliphatic heterocycles. The molecule has 3 aromatic rings. The molecule has 0 saturated carbocycles. The third-order valence-corrected chi connectivity index (χ3v) is 6.59. The maximum Gasteiger partial charge on any atom is 0.280 e. The Labute approximate surface area is 234 Å². The fourth-order valence-electron chi connectivity index (χ4n) is 4.59. The Morgan fingerprint density at radius 2 is 1.35 bits per heavy atom. The molecule has 0 spiro atoms. The molecule has 10 nitrogen and oxygen atoms in total. The van der Waals surface area contributed by atoms with Crippen molar-refractivity contribution in [2.45, 2.75) is 12.8 Å². The Bertz CT molecular complexity index is 1440. The molecule has 3 amide bonds. The van der Waals surface area contributed by atoms with Gasteiger partial charge in [-0.2, -0.15) is 0 Å². The van der Waals surface area contributed by atoms with Gasteiger partial charge in [0.15, 0.2) is 5.88 Å². The first-order valence-corrected chi connectivity index (χ1v) is 13.3. The van der Waals surface area contributed by atoms with Crippen LogP contribution in [0.15, 0.2) is 53.5 Å². The standard InChI is InChI=1S/C30H36N6O4/c1-35(2)15-7-13-31-27(37)21-11-5-9-19(17-21)25-23-24(30(40)33-25)26(34-29(23)39)20-10-6-12-22(18-20)28(38)32-14-8-16-36(3)4/h5-6,9-12,17-18,33,40H,7-8,13-16H2,1-4H3,(H,31,37)(H,32,38). The predicted molar refractivity (Wildman–Crippen MR) is 155 cm³/mol. The average molecular weight is 545 g/mol. The van der Waals surface area contributed by atoms with Gasteiger partial charge in [0.2, 0.25) is 0 Å². The summed E-state index contributed by atoms with van der Waals surface area (Å²) in [6, 6.07) is 13.7. The lowest BCUT2D eigenvalue weighted by molar-refractivity contribution is 0.0944. The second-order valence-electron chi connectivity index (χ2n) is 10.4. The Morgan fingerprint density at radius 3 is 1.90 bits per heavy atom. The highest BCUT2D eigenvalue weighted by molar-refractivity contribution is 6.30. The number of aliphatic imine (C=N–C) groups is 1. The topological polar surface area (TPSA) is 130 Å². The van der Waals surface area contributed by atoms with Gasteiger partial charge in [-0.25, -0.2) is 4.99 Å². The summed E-state index contributed by atoms with van der Waals surface area (Å²) in [5.74, 6) is -1.14. The number of aromatic amines is 1. The summed E-state index contributed by atoms with van der Waals surface area (Å²) in [4.78, 5) is 49.7. The van der Waals surface area contributed by atoms with E-state index in [-0.39, 0.29) is 34.5 Å². The van der Waals surface area contributed by atoms with Gasteiger partial charge >= 0.3 is 0 Å². The summed E-state index contributed by atoms with van der Waals surface area (Å²) in [7, 11) is 7.92. The molecule has 0 radical (unpaired) electrons. The number of fused-ring (bicyclic) bond motifs is 1. The number of rotatable bonds is 12. The lowest BCUT2D eigenvalue weighted by Crippen LogP contribution is -2.27. The van der Waals surface area contributed by atoms with Crippen molar-refractivity contribution in [1.82, 2.24) is 25.4 Å². The maximum absolute atomic E-state index is 13.1. The monoisotopic (exact) mass is 544 g/mol. The van der Waals surface area contributed by atoms with E-state index in [0.717, 1.165) is 25.9 Å². The zero-order valence-electron chi connectivity index (χ0n) is 23.4. The zero-order chi connectivity index (χ0) is 28.8. The smallest absolute Gasteiger partial charge is 0.280 e. The third kappa shape index (κ3) is 6.64. The van der Waals surface area contributed by atoms with Crippen LogP contribution in [0.3, 0.4) is 0 Å². The minimum atomic E-state index is -0.506. The number of amides is 3. The Kier molecular flexibility index (Phi) is 9.13. The van der Waals surface area contributed by atoms with E-state index in [2.05, 4.69) is 30.4 Å². The van der Waals surface area contributed by atoms with E-state index in [1.165, 1.54) is 0 Å². The van der Waals surface area contributed by atoms with Gasteiger partial charge in [-0.1, -0.05) is 24.3 Å². The number of hydrogen-bond acceptors (Lipinski definition) is 6. The van der Waals surface area contributed by atoms with E-state index in [4.69, 9.17) is 0 Å². The molecule has 4 rings (SSSR count). The Hall–Kier alpha value is -4.28. The second kappa shape index (κ2) is 12.7. The molecule has 0 unspecified atom stereocenters. The fourth-order valence-corrected chi connectivity index (χ4v) is 4.59. The van der Waals surface area contributed by atoms with Crippen molar-refractivity contribution in [3.8, 4) is 17.1 Å². The Morgan fingerprint density at radius 1 is 0.825 bits per heavy atom. The highest BCUT2D eigenvalue weighted by atomic mass is 16.3. The van der Waals surface area contributed by atoms with Crippen molar-refractivity contribution in [3.63, 3.8) is 0 Å². The first-order valence-electron chi connectivity index (χ1n) is 13.3. The van der Waals surface area contributed by atoms with E-state index in [1.54, 1.807) is 48.5 Å². The van der Waals surface area contributed by atoms with Gasteiger partial charge in [-0.05, 0) is 84.0 Å². The molecule has 2 aromatic carbocycles. The van der Waals surface area contributed by atoms with Crippen molar-refractivity contribution < 1.29 is 19.5 Å². The van der Waals surface area contributed by atoms with Crippen LogP contribution < -0.4 is 10.6 Å². The fraction of sp³-hybridized carbons (Fsp3) is 0.333. The minimum absolute atomic E-state index is 0.202. The molecule has 0 aliphatic carbocycles. The highest BCUT2D eigenvalue weighted by Crippen LogP contribution is 2.38. The van der Waals surface area contributed by atoms with Crippen LogP contribution in [0.5, 0.6) is 5.88 Å². The van der Waals surface area contributed by atoms with Crippen molar-refractivity contribution in [2.24, 2.45) is 4.99 Å². The van der Waals surface area contributed by atoms with Crippen LogP contribution in [0.1, 0.15) is 55.0 Å². The molecule has 40 heavy (non-hydrogen) atoms. The van der Waals surface area contributed by atoms with Crippen LogP contribution in [0.2, 0.25) is 0 Å². The van der Waals surface area contributed by atoms with Gasteiger partial charge in [-0.3, -0.25) is 14.4 Å². The molecule has 10 heteroatoms. The summed E-state index contributed by atoms with van der Waals surface area (Å²) in [6.07, 6.45) is 1.65. The Balaban J connectivity index is 1.54. The van der Waals surface area contributed by atoms with E-state index >= 15 is 0 Å². The number of H-pyrrole nitrogens is 1. The molecule has 210 valence electrons. The summed E-state index contributed by atoms with van der Waals surface area (Å²) in [5.41, 5.74) is 3.18. The lowest BCUT2D eigenvalue weighted by Gasteiger charge is -2.10. The number of nitrogens with zero attached hydrogens (tertiary/aromatic N) is 3. The maximum atomic E-state index is 13.1. The molecular weight excluding hydrogens is 508 g/mol. The van der Waals surface area contributed by atoms with E-state index < -0.39 is 5.91 Å². The second-order valence-corrected chi connectivity index (χ2v) is 10.4. The SMILES string of the molecule is CN(C)CCCNC(=O)c1cccc(C2=NC(=O)c3c(-c4cccc(C(=O)NCCCN(C)C)c4)[nH]c(O)c32)c1. The number of aromatic hydroxyl groups is 1. The molecule has 0 atom stereocenters. The first-order chi connectivity index (χ1) is 19.2. The minimum Gasteiger partial charge on any atom is -0.494 e. The van der Waals surface area contributed by atoms with Gasteiger partial charge in [0, 0.05) is 29.8 Å². The number of carbonyl (C=O) groups excluding carboxylic acids is 3. The quantitative estimate of drug-likeness (QED) is 0.260. The molecule has 0 bridgehead atoms.